The Labute approximate surface area is 109 Å². The molecule has 2 rings (SSSR count). The van der Waals surface area contributed by atoms with Gasteiger partial charge in [-0.15, -0.1) is 0 Å². The molecule has 0 aromatic carbocycles. The second-order valence-corrected chi connectivity index (χ2v) is 4.52. The minimum absolute atomic E-state index is 0.190. The third kappa shape index (κ3) is 4.11. The van der Waals surface area contributed by atoms with E-state index in [4.69, 9.17) is 0 Å². The Balaban J connectivity index is 0.000000258. The van der Waals surface area contributed by atoms with Gasteiger partial charge in [-0.05, 0) is 12.2 Å². The Kier molecular flexibility index (Phi) is 4.74. The summed E-state index contributed by atoms with van der Waals surface area (Å²) in [7, 11) is -3.60. The summed E-state index contributed by atoms with van der Waals surface area (Å²) in [5.74, 6) is 3.68. The van der Waals surface area contributed by atoms with E-state index in [0.717, 1.165) is 7.11 Å². The highest BCUT2D eigenvalue weighted by atomic mass is 32.3. The molecule has 0 spiro atoms. The van der Waals surface area contributed by atoms with Gasteiger partial charge in [0.25, 0.3) is 5.70 Å². The molecule has 0 atom stereocenters. The predicted octanol–water partition coefficient (Wildman–Crippen LogP) is -1.66. The Hall–Kier alpha value is -1.79. The number of hydrogen-bond acceptors (Lipinski definition) is 8. The summed E-state index contributed by atoms with van der Waals surface area (Å²) in [6, 6.07) is 0. The summed E-state index contributed by atoms with van der Waals surface area (Å²) in [5, 5.41) is 13.8. The average Bonchev–Trinajstić information content (AvgIpc) is 2.68. The molecule has 0 amide bonds. The summed E-state index contributed by atoms with van der Waals surface area (Å²) >= 11 is 0. The van der Waals surface area contributed by atoms with Crippen molar-refractivity contribution < 1.29 is 27.9 Å². The molecular formula is C8H12N4O6S. The van der Waals surface area contributed by atoms with Crippen LogP contribution in [0.4, 0.5) is 0 Å². The standard InChI is InChI=1S/C7H8N4O2.CH4O4S/c8-10-5-7(11(12)13)6-3-1-2-4-9(6)10;1-5-6(2,3)4/h1-4H,5,8H2;1H3,(H,2,3,4). The number of hydrazine groups is 1. The third-order valence-corrected chi connectivity index (χ3v) is 2.60. The molecule has 11 heteroatoms. The van der Waals surface area contributed by atoms with Gasteiger partial charge in [0.05, 0.1) is 12.0 Å². The second-order valence-electron chi connectivity index (χ2n) is 3.37. The van der Waals surface area contributed by atoms with E-state index >= 15 is 0 Å². The van der Waals surface area contributed by atoms with E-state index in [1.165, 1.54) is 0 Å². The molecule has 10 nitrogen and oxygen atoms in total. The highest BCUT2D eigenvalue weighted by Gasteiger charge is 2.35. The molecule has 0 aromatic heterocycles. The minimum Gasteiger partial charge on any atom is -0.726 e. The number of allylic oxidation sites excluding steroid dienone is 3. The quantitative estimate of drug-likeness (QED) is 0.275. The summed E-state index contributed by atoms with van der Waals surface area (Å²) in [4.78, 5) is 10.2. The van der Waals surface area contributed by atoms with Crippen LogP contribution >= 0.6 is 0 Å². The Morgan fingerprint density at radius 1 is 1.47 bits per heavy atom. The van der Waals surface area contributed by atoms with Gasteiger partial charge in [-0.1, -0.05) is 11.2 Å². The molecule has 0 saturated carbocycles. The van der Waals surface area contributed by atoms with Crippen molar-refractivity contribution >= 4 is 10.4 Å². The van der Waals surface area contributed by atoms with Crippen molar-refractivity contribution in [2.75, 3.05) is 13.7 Å². The minimum atomic E-state index is -4.41. The first-order valence-electron chi connectivity index (χ1n) is 4.87. The van der Waals surface area contributed by atoms with Crippen molar-refractivity contribution in [1.82, 2.24) is 10.1 Å². The van der Waals surface area contributed by atoms with Crippen molar-refractivity contribution in [3.8, 4) is 0 Å². The Bertz CT molecular complexity index is 552. The molecule has 0 aliphatic carbocycles. The Morgan fingerprint density at radius 2 is 2.05 bits per heavy atom. The van der Waals surface area contributed by atoms with Crippen LogP contribution in [0.3, 0.4) is 0 Å². The van der Waals surface area contributed by atoms with Crippen LogP contribution in [-0.4, -0.2) is 41.7 Å². The normalized spacial score (nSPS) is 18.2. The van der Waals surface area contributed by atoms with E-state index in [1.54, 1.807) is 28.5 Å². The van der Waals surface area contributed by atoms with Gasteiger partial charge in [0.1, 0.15) is 5.70 Å². The molecule has 2 aliphatic rings. The van der Waals surface area contributed by atoms with Gasteiger partial charge in [-0.25, -0.2) is 13.4 Å². The average molecular weight is 292 g/mol. The molecule has 0 aromatic rings. The molecule has 0 unspecified atom stereocenters. The summed E-state index contributed by atoms with van der Waals surface area (Å²) in [6.45, 7) is 0.247. The van der Waals surface area contributed by atoms with Gasteiger partial charge in [0, 0.05) is 6.20 Å². The van der Waals surface area contributed by atoms with Gasteiger partial charge >= 0.3 is 0 Å². The van der Waals surface area contributed by atoms with Gasteiger partial charge in [0.2, 0.25) is 10.4 Å². The SMILES string of the molecule is COS(=O)(=O)[O-].[NH3+]N1CC([N+](=O)[O-])=C2C=CC=CN21. The van der Waals surface area contributed by atoms with Crippen molar-refractivity contribution in [2.24, 2.45) is 0 Å². The number of rotatable bonds is 2. The van der Waals surface area contributed by atoms with E-state index in [9.17, 15) is 23.1 Å². The molecule has 0 fully saturated rings. The van der Waals surface area contributed by atoms with Crippen molar-refractivity contribution in [1.29, 1.82) is 0 Å². The molecule has 106 valence electrons. The van der Waals surface area contributed by atoms with Gasteiger partial charge in [-0.3, -0.25) is 20.1 Å². The number of fused-ring (bicyclic) bond motifs is 1. The topological polar surface area (TPSA) is 144 Å². The lowest BCUT2D eigenvalue weighted by atomic mass is 10.3. The number of nitrogens with zero attached hydrogens (tertiary/aromatic N) is 3. The molecule has 3 N–H and O–H groups in total. The third-order valence-electron chi connectivity index (χ3n) is 2.20. The van der Waals surface area contributed by atoms with Crippen LogP contribution in [0, 0.1) is 10.1 Å². The first-order valence-corrected chi connectivity index (χ1v) is 6.20. The van der Waals surface area contributed by atoms with E-state index in [-0.39, 0.29) is 17.2 Å². The lowest BCUT2D eigenvalue weighted by Crippen LogP contribution is -2.70. The fourth-order valence-electron chi connectivity index (χ4n) is 1.39. The zero-order valence-corrected chi connectivity index (χ0v) is 10.7. The fourth-order valence-corrected chi connectivity index (χ4v) is 1.39. The van der Waals surface area contributed by atoms with Crippen LogP contribution < -0.4 is 5.84 Å². The van der Waals surface area contributed by atoms with Crippen molar-refractivity contribution in [2.45, 2.75) is 0 Å². The van der Waals surface area contributed by atoms with Gasteiger partial charge < -0.3 is 4.55 Å². The molecule has 19 heavy (non-hydrogen) atoms. The zero-order valence-electron chi connectivity index (χ0n) is 9.92. The van der Waals surface area contributed by atoms with Crippen LogP contribution in [0.1, 0.15) is 0 Å². The van der Waals surface area contributed by atoms with Crippen LogP contribution in [0.25, 0.3) is 0 Å². The lowest BCUT2D eigenvalue weighted by Gasteiger charge is -2.19. The first-order chi connectivity index (χ1) is 8.76. The number of nitro groups is 1. The van der Waals surface area contributed by atoms with E-state index < -0.39 is 10.4 Å². The van der Waals surface area contributed by atoms with E-state index in [2.05, 4.69) is 10.0 Å². The van der Waals surface area contributed by atoms with Crippen LogP contribution in [0.2, 0.25) is 0 Å². The fraction of sp³-hybridized carbons (Fsp3) is 0.250. The maximum Gasteiger partial charge on any atom is 0.292 e. The molecule has 2 aliphatic heterocycles. The first kappa shape index (κ1) is 15.3. The van der Waals surface area contributed by atoms with Crippen LogP contribution in [0.5, 0.6) is 0 Å². The second kappa shape index (κ2) is 5.90. The van der Waals surface area contributed by atoms with E-state index in [1.807, 2.05) is 6.08 Å². The summed E-state index contributed by atoms with van der Waals surface area (Å²) in [5.41, 5.74) is 0.790. The van der Waals surface area contributed by atoms with E-state index in [0.29, 0.717) is 5.70 Å². The smallest absolute Gasteiger partial charge is 0.292 e. The van der Waals surface area contributed by atoms with Gasteiger partial charge in [0.15, 0.2) is 6.54 Å². The van der Waals surface area contributed by atoms with Crippen molar-refractivity contribution in [3.05, 3.63) is 45.9 Å². The largest absolute Gasteiger partial charge is 0.726 e. The highest BCUT2D eigenvalue weighted by Crippen LogP contribution is 2.24. The van der Waals surface area contributed by atoms with Crippen LogP contribution in [0.15, 0.2) is 35.8 Å². The van der Waals surface area contributed by atoms with Crippen LogP contribution in [-0.2, 0) is 14.6 Å². The number of quaternary nitrogens is 1. The molecular weight excluding hydrogens is 280 g/mol. The zero-order chi connectivity index (χ0) is 14.6. The summed E-state index contributed by atoms with van der Waals surface area (Å²) < 4.78 is 31.0. The predicted molar refractivity (Wildman–Crippen MR) is 60.4 cm³/mol. The molecule has 0 saturated heterocycles. The van der Waals surface area contributed by atoms with Crippen molar-refractivity contribution in [3.63, 3.8) is 0 Å². The highest BCUT2D eigenvalue weighted by molar-refractivity contribution is 7.80. The molecule has 0 bridgehead atoms. The number of hydrogen-bond donors (Lipinski definition) is 1. The molecule has 2 heterocycles. The van der Waals surface area contributed by atoms with Gasteiger partial charge in [-0.2, -0.15) is 0 Å². The monoisotopic (exact) mass is 292 g/mol. The summed E-state index contributed by atoms with van der Waals surface area (Å²) in [6.07, 6.45) is 7.04. The molecule has 0 radical (unpaired) electrons. The maximum absolute atomic E-state index is 10.6. The Morgan fingerprint density at radius 3 is 2.53 bits per heavy atom. The maximum atomic E-state index is 10.6. The lowest BCUT2D eigenvalue weighted by molar-refractivity contribution is -0.616.